The molecular formula is C17H20N2O. The number of H-pyrrole nitrogens is 1. The Labute approximate surface area is 119 Å². The third-order valence-corrected chi connectivity index (χ3v) is 4.11. The zero-order valence-corrected chi connectivity index (χ0v) is 11.8. The fraction of sp³-hybridized carbons (Fsp3) is 0.353. The van der Waals surface area contributed by atoms with E-state index in [1.165, 1.54) is 24.0 Å². The maximum Gasteiger partial charge on any atom is 0.248 e. The maximum absolute atomic E-state index is 11.4. The summed E-state index contributed by atoms with van der Waals surface area (Å²) in [5, 5.41) is 0. The molecule has 1 atom stereocenters. The molecule has 104 valence electrons. The quantitative estimate of drug-likeness (QED) is 0.929. The Hall–Kier alpha value is -1.87. The van der Waals surface area contributed by atoms with E-state index in [4.69, 9.17) is 0 Å². The predicted molar refractivity (Wildman–Crippen MR) is 80.6 cm³/mol. The van der Waals surface area contributed by atoms with Crippen LogP contribution in [0.25, 0.3) is 0 Å². The molecule has 0 amide bonds. The van der Waals surface area contributed by atoms with E-state index in [2.05, 4.69) is 40.2 Å². The highest BCUT2D eigenvalue weighted by Crippen LogP contribution is 2.33. The van der Waals surface area contributed by atoms with Crippen LogP contribution >= 0.6 is 0 Å². The van der Waals surface area contributed by atoms with Crippen molar-refractivity contribution in [3.8, 4) is 0 Å². The Morgan fingerprint density at radius 1 is 1.20 bits per heavy atom. The topological polar surface area (TPSA) is 36.1 Å². The first kappa shape index (κ1) is 13.1. The van der Waals surface area contributed by atoms with E-state index in [0.717, 1.165) is 18.8 Å². The number of rotatable bonds is 3. The van der Waals surface area contributed by atoms with E-state index in [9.17, 15) is 4.79 Å². The van der Waals surface area contributed by atoms with Crippen molar-refractivity contribution in [1.82, 2.24) is 9.88 Å². The lowest BCUT2D eigenvalue weighted by atomic mass is 10.0. The van der Waals surface area contributed by atoms with E-state index in [0.29, 0.717) is 6.04 Å². The van der Waals surface area contributed by atoms with Crippen molar-refractivity contribution in [2.45, 2.75) is 32.4 Å². The molecule has 1 saturated heterocycles. The fourth-order valence-corrected chi connectivity index (χ4v) is 3.14. The number of aryl methyl sites for hydroxylation is 1. The van der Waals surface area contributed by atoms with Crippen LogP contribution in [-0.4, -0.2) is 16.4 Å². The second kappa shape index (κ2) is 5.63. The van der Waals surface area contributed by atoms with Crippen molar-refractivity contribution in [1.29, 1.82) is 0 Å². The van der Waals surface area contributed by atoms with Gasteiger partial charge in [0.25, 0.3) is 0 Å². The summed E-state index contributed by atoms with van der Waals surface area (Å²) >= 11 is 0. The molecule has 1 aliphatic rings. The van der Waals surface area contributed by atoms with Gasteiger partial charge in [-0.25, -0.2) is 0 Å². The van der Waals surface area contributed by atoms with Crippen LogP contribution in [0, 0.1) is 6.92 Å². The molecule has 0 bridgehead atoms. The van der Waals surface area contributed by atoms with Crippen LogP contribution < -0.4 is 5.56 Å². The molecular weight excluding hydrogens is 248 g/mol. The van der Waals surface area contributed by atoms with Crippen LogP contribution in [-0.2, 0) is 6.54 Å². The van der Waals surface area contributed by atoms with Gasteiger partial charge in [0, 0.05) is 24.3 Å². The monoisotopic (exact) mass is 268 g/mol. The van der Waals surface area contributed by atoms with Gasteiger partial charge in [0.05, 0.1) is 0 Å². The molecule has 20 heavy (non-hydrogen) atoms. The smallest absolute Gasteiger partial charge is 0.248 e. The van der Waals surface area contributed by atoms with E-state index < -0.39 is 0 Å². The SMILES string of the molecule is Cc1[nH]c(=O)ccc1C1CCCN1Cc1ccccc1. The Bertz CT molecular complexity index is 633. The zero-order valence-electron chi connectivity index (χ0n) is 11.8. The predicted octanol–water partition coefficient (Wildman–Crippen LogP) is 3.02. The lowest BCUT2D eigenvalue weighted by Gasteiger charge is -2.25. The highest BCUT2D eigenvalue weighted by atomic mass is 16.1. The van der Waals surface area contributed by atoms with Gasteiger partial charge >= 0.3 is 0 Å². The third-order valence-electron chi connectivity index (χ3n) is 4.11. The van der Waals surface area contributed by atoms with E-state index in [1.807, 2.05) is 13.0 Å². The van der Waals surface area contributed by atoms with Gasteiger partial charge in [-0.1, -0.05) is 36.4 Å². The summed E-state index contributed by atoms with van der Waals surface area (Å²) in [6.45, 7) is 4.10. The number of nitrogens with one attached hydrogen (secondary N) is 1. The number of aromatic nitrogens is 1. The molecule has 1 fully saturated rings. The van der Waals surface area contributed by atoms with E-state index in [-0.39, 0.29) is 5.56 Å². The second-order valence-corrected chi connectivity index (χ2v) is 5.52. The molecule has 1 unspecified atom stereocenters. The van der Waals surface area contributed by atoms with Gasteiger partial charge in [0.2, 0.25) is 5.56 Å². The Morgan fingerprint density at radius 2 is 2.00 bits per heavy atom. The minimum absolute atomic E-state index is 0.0149. The first-order valence-corrected chi connectivity index (χ1v) is 7.22. The van der Waals surface area contributed by atoms with Gasteiger partial charge < -0.3 is 4.98 Å². The zero-order chi connectivity index (χ0) is 13.9. The summed E-state index contributed by atoms with van der Waals surface area (Å²) in [7, 11) is 0. The minimum atomic E-state index is -0.0149. The highest BCUT2D eigenvalue weighted by molar-refractivity contribution is 5.24. The van der Waals surface area contributed by atoms with Crippen LogP contribution in [0.4, 0.5) is 0 Å². The summed E-state index contributed by atoms with van der Waals surface area (Å²) in [5.74, 6) is 0. The normalized spacial score (nSPS) is 19.4. The molecule has 3 rings (SSSR count). The van der Waals surface area contributed by atoms with Crippen LogP contribution in [0.5, 0.6) is 0 Å². The highest BCUT2D eigenvalue weighted by Gasteiger charge is 2.27. The number of pyridine rings is 1. The minimum Gasteiger partial charge on any atom is -0.326 e. The average Bonchev–Trinajstić information content (AvgIpc) is 2.88. The van der Waals surface area contributed by atoms with E-state index in [1.54, 1.807) is 6.07 Å². The largest absolute Gasteiger partial charge is 0.326 e. The molecule has 1 aromatic heterocycles. The molecule has 3 nitrogen and oxygen atoms in total. The van der Waals surface area contributed by atoms with Crippen molar-refractivity contribution in [3.05, 3.63) is 69.6 Å². The molecule has 1 aromatic carbocycles. The van der Waals surface area contributed by atoms with Crippen molar-refractivity contribution in [3.63, 3.8) is 0 Å². The summed E-state index contributed by atoms with van der Waals surface area (Å²) in [6.07, 6.45) is 2.38. The van der Waals surface area contributed by atoms with E-state index >= 15 is 0 Å². The number of hydrogen-bond acceptors (Lipinski definition) is 2. The molecule has 0 radical (unpaired) electrons. The van der Waals surface area contributed by atoms with Crippen LogP contribution in [0.15, 0.2) is 47.3 Å². The van der Waals surface area contributed by atoms with Gasteiger partial charge in [-0.15, -0.1) is 0 Å². The maximum atomic E-state index is 11.4. The first-order valence-electron chi connectivity index (χ1n) is 7.22. The van der Waals surface area contributed by atoms with Crippen molar-refractivity contribution >= 4 is 0 Å². The third kappa shape index (κ3) is 2.68. The Kier molecular flexibility index (Phi) is 3.70. The van der Waals surface area contributed by atoms with Crippen molar-refractivity contribution in [2.24, 2.45) is 0 Å². The van der Waals surface area contributed by atoms with Gasteiger partial charge in [-0.2, -0.15) is 0 Å². The van der Waals surface area contributed by atoms with Crippen LogP contribution in [0.2, 0.25) is 0 Å². The lowest BCUT2D eigenvalue weighted by molar-refractivity contribution is 0.247. The molecule has 2 heterocycles. The molecule has 3 heteroatoms. The van der Waals surface area contributed by atoms with Gasteiger partial charge in [-0.3, -0.25) is 9.69 Å². The van der Waals surface area contributed by atoms with Gasteiger partial charge in [0.15, 0.2) is 0 Å². The number of likely N-dealkylation sites (tertiary alicyclic amines) is 1. The number of hydrogen-bond donors (Lipinski definition) is 1. The van der Waals surface area contributed by atoms with Crippen molar-refractivity contribution < 1.29 is 0 Å². The Balaban J connectivity index is 1.83. The summed E-state index contributed by atoms with van der Waals surface area (Å²) in [4.78, 5) is 16.8. The lowest BCUT2D eigenvalue weighted by Crippen LogP contribution is -2.24. The number of benzene rings is 1. The summed E-state index contributed by atoms with van der Waals surface area (Å²) in [6, 6.07) is 14.6. The molecule has 0 saturated carbocycles. The molecule has 1 aliphatic heterocycles. The molecule has 0 spiro atoms. The van der Waals surface area contributed by atoms with Gasteiger partial charge in [0.1, 0.15) is 0 Å². The average molecular weight is 268 g/mol. The van der Waals surface area contributed by atoms with Crippen LogP contribution in [0.1, 0.15) is 35.7 Å². The summed E-state index contributed by atoms with van der Waals surface area (Å²) < 4.78 is 0. The van der Waals surface area contributed by atoms with Crippen molar-refractivity contribution in [2.75, 3.05) is 6.54 Å². The van der Waals surface area contributed by atoms with Crippen LogP contribution in [0.3, 0.4) is 0 Å². The second-order valence-electron chi connectivity index (χ2n) is 5.52. The standard InChI is InChI=1S/C17H20N2O/c1-13-15(9-10-17(20)18-13)16-8-5-11-19(16)12-14-6-3-2-4-7-14/h2-4,6-7,9-10,16H,5,8,11-12H2,1H3,(H,18,20). The summed E-state index contributed by atoms with van der Waals surface area (Å²) in [5.41, 5.74) is 3.60. The molecule has 1 N–H and O–H groups in total. The molecule has 0 aliphatic carbocycles. The van der Waals surface area contributed by atoms with Gasteiger partial charge in [-0.05, 0) is 37.4 Å². The number of nitrogens with zero attached hydrogens (tertiary/aromatic N) is 1. The number of aromatic amines is 1. The first-order chi connectivity index (χ1) is 9.74. The molecule has 2 aromatic rings. The Morgan fingerprint density at radius 3 is 2.75 bits per heavy atom. The fourth-order valence-electron chi connectivity index (χ4n) is 3.14.